The lowest BCUT2D eigenvalue weighted by Crippen LogP contribution is -2.51. The molecule has 0 radical (unpaired) electrons. The van der Waals surface area contributed by atoms with Crippen LogP contribution in [0.25, 0.3) is 0 Å². The Labute approximate surface area is 173 Å². The van der Waals surface area contributed by atoms with E-state index in [1.807, 2.05) is 0 Å². The molecule has 1 aliphatic heterocycles. The molecule has 1 heterocycles. The molecule has 0 amide bonds. The Morgan fingerprint density at radius 3 is 2.70 bits per heavy atom. The van der Waals surface area contributed by atoms with E-state index in [1.54, 1.807) is 25.2 Å². The SMILES string of the molecule is CN=C(NCc1ccc(O)c(F)c1)NC1CCCN(c2ccc(OC(F)F)cc2)C1. The Hall–Kier alpha value is -3.10. The number of ether oxygens (including phenoxy) is 1. The molecule has 1 fully saturated rings. The van der Waals surface area contributed by atoms with Crippen molar-refractivity contribution in [3.63, 3.8) is 0 Å². The van der Waals surface area contributed by atoms with Gasteiger partial charge in [-0.2, -0.15) is 8.78 Å². The summed E-state index contributed by atoms with van der Waals surface area (Å²) < 4.78 is 42.5. The van der Waals surface area contributed by atoms with Gasteiger partial charge in [0.2, 0.25) is 0 Å². The monoisotopic (exact) mass is 422 g/mol. The van der Waals surface area contributed by atoms with E-state index in [2.05, 4.69) is 25.3 Å². The number of guanidine groups is 1. The summed E-state index contributed by atoms with van der Waals surface area (Å²) in [5.74, 6) is -0.311. The van der Waals surface area contributed by atoms with Crippen molar-refractivity contribution in [1.29, 1.82) is 0 Å². The molecule has 3 rings (SSSR count). The van der Waals surface area contributed by atoms with Crippen molar-refractivity contribution < 1.29 is 23.0 Å². The van der Waals surface area contributed by atoms with Crippen LogP contribution in [0.5, 0.6) is 11.5 Å². The normalized spacial score (nSPS) is 17.2. The third-order valence-corrected chi connectivity index (χ3v) is 4.88. The number of benzene rings is 2. The largest absolute Gasteiger partial charge is 0.505 e. The van der Waals surface area contributed by atoms with Crippen molar-refractivity contribution in [3.05, 3.63) is 53.8 Å². The summed E-state index contributed by atoms with van der Waals surface area (Å²) in [6.07, 6.45) is 1.92. The zero-order valence-corrected chi connectivity index (χ0v) is 16.6. The van der Waals surface area contributed by atoms with Crippen molar-refractivity contribution >= 4 is 11.6 Å². The van der Waals surface area contributed by atoms with Crippen molar-refractivity contribution in [2.75, 3.05) is 25.0 Å². The first-order chi connectivity index (χ1) is 14.4. The summed E-state index contributed by atoms with van der Waals surface area (Å²) in [7, 11) is 1.66. The zero-order chi connectivity index (χ0) is 21.5. The minimum absolute atomic E-state index is 0.135. The predicted molar refractivity (Wildman–Crippen MR) is 110 cm³/mol. The van der Waals surface area contributed by atoms with Crippen molar-refractivity contribution in [2.45, 2.75) is 32.0 Å². The first-order valence-electron chi connectivity index (χ1n) is 9.69. The first-order valence-corrected chi connectivity index (χ1v) is 9.69. The molecule has 2 aromatic rings. The molecule has 0 spiro atoms. The molecule has 1 aliphatic rings. The third-order valence-electron chi connectivity index (χ3n) is 4.88. The van der Waals surface area contributed by atoms with Crippen LogP contribution in [0.1, 0.15) is 18.4 Å². The van der Waals surface area contributed by atoms with Crippen LogP contribution in [-0.4, -0.2) is 43.9 Å². The van der Waals surface area contributed by atoms with E-state index in [-0.39, 0.29) is 17.5 Å². The molecular formula is C21H25F3N4O2. The number of anilines is 1. The maximum absolute atomic E-state index is 13.5. The Balaban J connectivity index is 1.54. The topological polar surface area (TPSA) is 69.1 Å². The van der Waals surface area contributed by atoms with Gasteiger partial charge < -0.3 is 25.4 Å². The molecule has 1 unspecified atom stereocenters. The van der Waals surface area contributed by atoms with Crippen LogP contribution in [0.15, 0.2) is 47.5 Å². The smallest absolute Gasteiger partial charge is 0.387 e. The molecule has 1 atom stereocenters. The van der Waals surface area contributed by atoms with E-state index in [0.717, 1.165) is 31.6 Å². The highest BCUT2D eigenvalue weighted by molar-refractivity contribution is 5.80. The second kappa shape index (κ2) is 10.1. The molecule has 0 bridgehead atoms. The number of phenolic OH excluding ortho intramolecular Hbond substituents is 1. The summed E-state index contributed by atoms with van der Waals surface area (Å²) in [5, 5.41) is 15.8. The van der Waals surface area contributed by atoms with Gasteiger partial charge in [0.25, 0.3) is 0 Å². The fourth-order valence-electron chi connectivity index (χ4n) is 3.40. The Kier molecular flexibility index (Phi) is 7.26. The van der Waals surface area contributed by atoms with Gasteiger partial charge in [-0.15, -0.1) is 0 Å². The maximum atomic E-state index is 13.5. The number of nitrogens with one attached hydrogen (secondary N) is 2. The Bertz CT molecular complexity index is 862. The molecule has 6 nitrogen and oxygen atoms in total. The summed E-state index contributed by atoms with van der Waals surface area (Å²) in [6, 6.07) is 11.0. The molecule has 3 N–H and O–H groups in total. The van der Waals surface area contributed by atoms with E-state index in [0.29, 0.717) is 18.1 Å². The van der Waals surface area contributed by atoms with E-state index in [1.165, 1.54) is 24.3 Å². The van der Waals surface area contributed by atoms with Crippen LogP contribution in [0.2, 0.25) is 0 Å². The number of piperidine rings is 1. The number of aromatic hydroxyl groups is 1. The molecule has 0 aliphatic carbocycles. The van der Waals surface area contributed by atoms with Crippen molar-refractivity contribution in [1.82, 2.24) is 10.6 Å². The zero-order valence-electron chi connectivity index (χ0n) is 16.6. The van der Waals surface area contributed by atoms with Gasteiger partial charge in [0.05, 0.1) is 0 Å². The highest BCUT2D eigenvalue weighted by atomic mass is 19.3. The molecular weight excluding hydrogens is 397 g/mol. The quantitative estimate of drug-likeness (QED) is 0.491. The fourth-order valence-corrected chi connectivity index (χ4v) is 3.40. The van der Waals surface area contributed by atoms with E-state index in [4.69, 9.17) is 0 Å². The van der Waals surface area contributed by atoms with Crippen LogP contribution < -0.4 is 20.3 Å². The number of rotatable bonds is 6. The minimum Gasteiger partial charge on any atom is -0.505 e. The molecule has 162 valence electrons. The summed E-state index contributed by atoms with van der Waals surface area (Å²) in [6.45, 7) is -0.883. The number of halogens is 3. The van der Waals surface area contributed by atoms with Gasteiger partial charge in [0, 0.05) is 38.4 Å². The highest BCUT2D eigenvalue weighted by Gasteiger charge is 2.21. The fraction of sp³-hybridized carbons (Fsp3) is 0.381. The molecule has 1 saturated heterocycles. The summed E-state index contributed by atoms with van der Waals surface area (Å²) >= 11 is 0. The number of aliphatic imine (C=N–C) groups is 1. The lowest BCUT2D eigenvalue weighted by molar-refractivity contribution is -0.0498. The third kappa shape index (κ3) is 5.95. The van der Waals surface area contributed by atoms with Crippen LogP contribution in [0.3, 0.4) is 0 Å². The van der Waals surface area contributed by atoms with Crippen LogP contribution in [0.4, 0.5) is 18.9 Å². The number of hydrogen-bond acceptors (Lipinski definition) is 4. The predicted octanol–water partition coefficient (Wildman–Crippen LogP) is 3.47. The second-order valence-corrected chi connectivity index (χ2v) is 7.01. The second-order valence-electron chi connectivity index (χ2n) is 7.01. The molecule has 9 heteroatoms. The van der Waals surface area contributed by atoms with E-state index in [9.17, 15) is 18.3 Å². The highest BCUT2D eigenvalue weighted by Crippen LogP contribution is 2.24. The van der Waals surface area contributed by atoms with Gasteiger partial charge in [-0.3, -0.25) is 4.99 Å². The minimum atomic E-state index is -2.84. The summed E-state index contributed by atoms with van der Waals surface area (Å²) in [5.41, 5.74) is 1.62. The Morgan fingerprint density at radius 1 is 1.27 bits per heavy atom. The first kappa shape index (κ1) is 21.6. The lowest BCUT2D eigenvalue weighted by atomic mass is 10.0. The Morgan fingerprint density at radius 2 is 2.03 bits per heavy atom. The van der Waals surface area contributed by atoms with Crippen LogP contribution in [0, 0.1) is 5.82 Å². The number of phenols is 1. The van der Waals surface area contributed by atoms with Gasteiger partial charge in [0.1, 0.15) is 5.75 Å². The van der Waals surface area contributed by atoms with Crippen LogP contribution >= 0.6 is 0 Å². The molecule has 30 heavy (non-hydrogen) atoms. The number of hydrogen-bond donors (Lipinski definition) is 3. The average Bonchev–Trinajstić information content (AvgIpc) is 2.74. The standard InChI is InChI=1S/C21H25F3N4O2/c1-25-21(26-12-14-4-9-19(29)18(22)11-14)27-15-3-2-10-28(13-15)16-5-7-17(8-6-16)30-20(23)24/h4-9,11,15,20,29H,2-3,10,12-13H2,1H3,(H2,25,26,27). The van der Waals surface area contributed by atoms with Crippen LogP contribution in [-0.2, 0) is 6.54 Å². The molecule has 0 saturated carbocycles. The van der Waals surface area contributed by atoms with Crippen molar-refractivity contribution in [2.24, 2.45) is 4.99 Å². The summed E-state index contributed by atoms with van der Waals surface area (Å²) in [4.78, 5) is 6.40. The van der Waals surface area contributed by atoms with Gasteiger partial charge in [-0.1, -0.05) is 6.07 Å². The van der Waals surface area contributed by atoms with Gasteiger partial charge in [-0.05, 0) is 54.8 Å². The van der Waals surface area contributed by atoms with E-state index >= 15 is 0 Å². The van der Waals surface area contributed by atoms with Crippen molar-refractivity contribution in [3.8, 4) is 11.5 Å². The van der Waals surface area contributed by atoms with Gasteiger partial charge in [-0.25, -0.2) is 4.39 Å². The number of nitrogens with zero attached hydrogens (tertiary/aromatic N) is 2. The average molecular weight is 422 g/mol. The van der Waals surface area contributed by atoms with Gasteiger partial charge in [0.15, 0.2) is 17.5 Å². The maximum Gasteiger partial charge on any atom is 0.387 e. The van der Waals surface area contributed by atoms with E-state index < -0.39 is 12.4 Å². The number of alkyl halides is 2. The molecule has 2 aromatic carbocycles. The lowest BCUT2D eigenvalue weighted by Gasteiger charge is -2.35. The molecule has 0 aromatic heterocycles. The van der Waals surface area contributed by atoms with Gasteiger partial charge >= 0.3 is 6.61 Å².